The number of nitrogen functional groups attached to an aromatic ring is 1. The van der Waals surface area contributed by atoms with Crippen LogP contribution in [-0.2, 0) is 0 Å². The second kappa shape index (κ2) is 5.73. The van der Waals surface area contributed by atoms with Gasteiger partial charge >= 0.3 is 0 Å². The molecule has 1 heterocycles. The molecule has 0 bridgehead atoms. The molecule has 0 atom stereocenters. The lowest BCUT2D eigenvalue weighted by Gasteiger charge is -2.11. The van der Waals surface area contributed by atoms with Gasteiger partial charge in [0.15, 0.2) is 5.82 Å². The first kappa shape index (κ1) is 14.0. The van der Waals surface area contributed by atoms with Crippen LogP contribution in [0, 0.1) is 10.5 Å². The van der Waals surface area contributed by atoms with Crippen molar-refractivity contribution in [1.82, 2.24) is 9.97 Å². The van der Waals surface area contributed by atoms with Crippen molar-refractivity contribution in [1.29, 1.82) is 0 Å². The van der Waals surface area contributed by atoms with Crippen molar-refractivity contribution in [3.05, 3.63) is 33.5 Å². The summed E-state index contributed by atoms with van der Waals surface area (Å²) in [5.41, 5.74) is 7.68. The van der Waals surface area contributed by atoms with E-state index in [2.05, 4.69) is 32.6 Å². The van der Waals surface area contributed by atoms with E-state index in [-0.39, 0.29) is 6.10 Å². The molecule has 2 aromatic rings. The maximum atomic E-state index is 5.89. The fourth-order valence-electron chi connectivity index (χ4n) is 1.69. The van der Waals surface area contributed by atoms with Gasteiger partial charge in [0, 0.05) is 5.56 Å². The summed E-state index contributed by atoms with van der Waals surface area (Å²) in [5.74, 6) is 1.95. The Bertz CT molecular complexity index is 576. The van der Waals surface area contributed by atoms with Gasteiger partial charge in [0.1, 0.15) is 11.6 Å². The Morgan fingerprint density at radius 1 is 1.26 bits per heavy atom. The van der Waals surface area contributed by atoms with E-state index in [0.717, 1.165) is 20.6 Å². The zero-order valence-electron chi connectivity index (χ0n) is 11.1. The van der Waals surface area contributed by atoms with E-state index in [4.69, 9.17) is 10.5 Å². The summed E-state index contributed by atoms with van der Waals surface area (Å²) in [7, 11) is 0. The first-order valence-corrected chi connectivity index (χ1v) is 7.12. The van der Waals surface area contributed by atoms with E-state index in [1.807, 2.05) is 45.0 Å². The summed E-state index contributed by atoms with van der Waals surface area (Å²) in [6.45, 7) is 5.92. The smallest absolute Gasteiger partial charge is 0.161 e. The van der Waals surface area contributed by atoms with Gasteiger partial charge in [-0.25, -0.2) is 9.97 Å². The summed E-state index contributed by atoms with van der Waals surface area (Å²) >= 11 is 2.15. The molecule has 4 nitrogen and oxygen atoms in total. The van der Waals surface area contributed by atoms with Gasteiger partial charge in [-0.15, -0.1) is 0 Å². The zero-order valence-corrected chi connectivity index (χ0v) is 13.3. The predicted molar refractivity (Wildman–Crippen MR) is 85.1 cm³/mol. The molecule has 2 N–H and O–H groups in total. The highest BCUT2D eigenvalue weighted by Crippen LogP contribution is 2.25. The minimum Gasteiger partial charge on any atom is -0.491 e. The van der Waals surface area contributed by atoms with Crippen LogP contribution in [0.15, 0.2) is 24.3 Å². The van der Waals surface area contributed by atoms with E-state index in [9.17, 15) is 0 Å². The number of nitrogens with zero attached hydrogens (tertiary/aromatic N) is 2. The van der Waals surface area contributed by atoms with Crippen molar-refractivity contribution in [2.75, 3.05) is 5.73 Å². The molecule has 0 aliphatic carbocycles. The summed E-state index contributed by atoms with van der Waals surface area (Å²) in [5, 5.41) is 0. The highest BCUT2D eigenvalue weighted by Gasteiger charge is 2.09. The number of hydrogen-bond acceptors (Lipinski definition) is 4. The molecule has 0 fully saturated rings. The van der Waals surface area contributed by atoms with Crippen LogP contribution in [0.1, 0.15) is 19.5 Å². The van der Waals surface area contributed by atoms with Crippen LogP contribution in [0.25, 0.3) is 11.4 Å². The average molecular weight is 369 g/mol. The number of halogens is 1. The summed E-state index contributed by atoms with van der Waals surface area (Å²) < 4.78 is 6.57. The number of aromatic nitrogens is 2. The fraction of sp³-hybridized carbons (Fsp3) is 0.286. The number of ether oxygens (including phenoxy) is 1. The van der Waals surface area contributed by atoms with Crippen LogP contribution < -0.4 is 10.5 Å². The van der Waals surface area contributed by atoms with Gasteiger partial charge in [-0.05, 0) is 55.5 Å². The largest absolute Gasteiger partial charge is 0.491 e. The number of hydrogen-bond donors (Lipinski definition) is 1. The minimum absolute atomic E-state index is 0.139. The molecule has 0 unspecified atom stereocenters. The van der Waals surface area contributed by atoms with Gasteiger partial charge in [-0.2, -0.15) is 0 Å². The third-order valence-electron chi connectivity index (χ3n) is 2.51. The molecule has 1 aromatic heterocycles. The molecule has 0 saturated heterocycles. The number of benzene rings is 1. The van der Waals surface area contributed by atoms with Crippen molar-refractivity contribution >= 4 is 28.4 Å². The maximum Gasteiger partial charge on any atom is 0.161 e. The highest BCUT2D eigenvalue weighted by atomic mass is 127. The maximum absolute atomic E-state index is 5.89. The molecule has 5 heteroatoms. The molecule has 100 valence electrons. The fourth-order valence-corrected chi connectivity index (χ4v) is 1.93. The Morgan fingerprint density at radius 3 is 2.63 bits per heavy atom. The SMILES string of the molecule is Cc1nc(-c2cccc(OC(C)C)c2)nc(N)c1I. The molecule has 0 spiro atoms. The summed E-state index contributed by atoms with van der Waals surface area (Å²) in [6, 6.07) is 7.74. The van der Waals surface area contributed by atoms with E-state index in [1.165, 1.54) is 0 Å². The van der Waals surface area contributed by atoms with Gasteiger partial charge in [0.05, 0.1) is 15.4 Å². The predicted octanol–water partition coefficient (Wildman–Crippen LogP) is 3.43. The number of anilines is 1. The van der Waals surface area contributed by atoms with E-state index in [1.54, 1.807) is 0 Å². The molecule has 2 rings (SSSR count). The van der Waals surface area contributed by atoms with Crippen molar-refractivity contribution in [3.8, 4) is 17.1 Å². The lowest BCUT2D eigenvalue weighted by molar-refractivity contribution is 0.242. The van der Waals surface area contributed by atoms with Crippen LogP contribution >= 0.6 is 22.6 Å². The molecular weight excluding hydrogens is 353 g/mol. The Hall–Kier alpha value is -1.37. The average Bonchev–Trinajstić information content (AvgIpc) is 2.35. The second-order valence-corrected chi connectivity index (χ2v) is 5.61. The van der Waals surface area contributed by atoms with Crippen LogP contribution in [0.5, 0.6) is 5.75 Å². The van der Waals surface area contributed by atoms with E-state index in [0.29, 0.717) is 11.6 Å². The molecule has 0 aliphatic rings. The standard InChI is InChI=1S/C14H16IN3O/c1-8(2)19-11-6-4-5-10(7-11)14-17-9(3)12(15)13(16)18-14/h4-8H,1-3H3,(H2,16,17,18). The molecular formula is C14H16IN3O. The van der Waals surface area contributed by atoms with E-state index >= 15 is 0 Å². The van der Waals surface area contributed by atoms with Gasteiger partial charge in [-0.1, -0.05) is 12.1 Å². The topological polar surface area (TPSA) is 61.0 Å². The van der Waals surface area contributed by atoms with Crippen molar-refractivity contribution in [2.24, 2.45) is 0 Å². The molecule has 0 radical (unpaired) electrons. The van der Waals surface area contributed by atoms with Crippen LogP contribution in [0.3, 0.4) is 0 Å². The third kappa shape index (κ3) is 3.34. The van der Waals surface area contributed by atoms with Crippen molar-refractivity contribution in [2.45, 2.75) is 26.9 Å². The van der Waals surface area contributed by atoms with Gasteiger partial charge in [-0.3, -0.25) is 0 Å². The Kier molecular flexibility index (Phi) is 4.24. The first-order valence-electron chi connectivity index (χ1n) is 6.04. The number of aryl methyl sites for hydroxylation is 1. The van der Waals surface area contributed by atoms with Gasteiger partial charge in [0.2, 0.25) is 0 Å². The van der Waals surface area contributed by atoms with Crippen molar-refractivity contribution < 1.29 is 4.74 Å². The lowest BCUT2D eigenvalue weighted by Crippen LogP contribution is -2.06. The quantitative estimate of drug-likeness (QED) is 0.843. The van der Waals surface area contributed by atoms with Gasteiger partial charge < -0.3 is 10.5 Å². The third-order valence-corrected chi connectivity index (χ3v) is 3.84. The molecule has 0 saturated carbocycles. The Morgan fingerprint density at radius 2 is 2.00 bits per heavy atom. The number of nitrogens with two attached hydrogens (primary N) is 1. The van der Waals surface area contributed by atoms with Crippen LogP contribution in [0.4, 0.5) is 5.82 Å². The Labute approximate surface area is 126 Å². The normalized spacial score (nSPS) is 10.8. The first-order chi connectivity index (χ1) is 8.97. The highest BCUT2D eigenvalue weighted by molar-refractivity contribution is 14.1. The molecule has 0 amide bonds. The van der Waals surface area contributed by atoms with Crippen molar-refractivity contribution in [3.63, 3.8) is 0 Å². The number of rotatable bonds is 3. The lowest BCUT2D eigenvalue weighted by atomic mass is 10.2. The van der Waals surface area contributed by atoms with E-state index < -0.39 is 0 Å². The summed E-state index contributed by atoms with van der Waals surface area (Å²) in [6.07, 6.45) is 0.139. The zero-order chi connectivity index (χ0) is 14.0. The summed E-state index contributed by atoms with van der Waals surface area (Å²) in [4.78, 5) is 8.80. The molecule has 19 heavy (non-hydrogen) atoms. The van der Waals surface area contributed by atoms with Crippen LogP contribution in [0.2, 0.25) is 0 Å². The van der Waals surface area contributed by atoms with Crippen LogP contribution in [-0.4, -0.2) is 16.1 Å². The van der Waals surface area contributed by atoms with Gasteiger partial charge in [0.25, 0.3) is 0 Å². The Balaban J connectivity index is 2.41. The molecule has 0 aliphatic heterocycles. The monoisotopic (exact) mass is 369 g/mol. The molecule has 1 aromatic carbocycles. The minimum atomic E-state index is 0.139. The second-order valence-electron chi connectivity index (χ2n) is 4.53.